The summed E-state index contributed by atoms with van der Waals surface area (Å²) in [4.78, 5) is 34.8. The molecular weight excluding hydrogens is 518 g/mol. The van der Waals surface area contributed by atoms with Gasteiger partial charge in [-0.05, 0) is 63.5 Å². The number of carbonyl (C=O) groups excluding carboxylic acids is 2. The maximum Gasteiger partial charge on any atom is 0.275 e. The number of nitrogens with one attached hydrogen (secondary N) is 1. The van der Waals surface area contributed by atoms with E-state index in [2.05, 4.69) is 39.7 Å². The van der Waals surface area contributed by atoms with Crippen molar-refractivity contribution >= 4 is 52.5 Å². The van der Waals surface area contributed by atoms with Crippen LogP contribution in [-0.4, -0.2) is 53.5 Å². The molecule has 0 spiro atoms. The molecule has 3 N–H and O–H groups in total. The lowest BCUT2D eigenvalue weighted by Crippen LogP contribution is -2.31. The van der Waals surface area contributed by atoms with Crippen molar-refractivity contribution in [2.45, 2.75) is 13.3 Å². The van der Waals surface area contributed by atoms with Crippen LogP contribution in [-0.2, 0) is 9.53 Å². The molecule has 0 aliphatic rings. The van der Waals surface area contributed by atoms with E-state index >= 15 is 0 Å². The first-order chi connectivity index (χ1) is 18.4. The van der Waals surface area contributed by atoms with Crippen LogP contribution in [0.5, 0.6) is 0 Å². The number of thiazole rings is 1. The van der Waals surface area contributed by atoms with E-state index in [1.165, 1.54) is 11.3 Å². The Balaban J connectivity index is 1.66. The molecule has 0 bridgehead atoms. The average molecular weight is 548 g/mol. The highest BCUT2D eigenvalue weighted by Crippen LogP contribution is 2.29. The third kappa shape index (κ3) is 7.12. The van der Waals surface area contributed by atoms with Crippen molar-refractivity contribution in [1.29, 1.82) is 0 Å². The van der Waals surface area contributed by atoms with Crippen LogP contribution < -0.4 is 21.5 Å². The van der Waals surface area contributed by atoms with Gasteiger partial charge in [-0.2, -0.15) is 11.3 Å². The second kappa shape index (κ2) is 13.1. The maximum absolute atomic E-state index is 13.3. The highest BCUT2D eigenvalue weighted by atomic mass is 32.1. The Morgan fingerprint density at radius 3 is 2.66 bits per heavy atom. The van der Waals surface area contributed by atoms with E-state index in [9.17, 15) is 9.59 Å². The number of nitrogens with zero attached hydrogens (tertiary/aromatic N) is 3. The molecule has 38 heavy (non-hydrogen) atoms. The molecule has 0 radical (unpaired) electrons. The number of carbonyl (C=O) groups is 2. The number of ether oxygens (including phenoxy) is 1. The van der Waals surface area contributed by atoms with E-state index in [1.54, 1.807) is 29.1 Å². The molecule has 0 fully saturated rings. The molecule has 4 aromatic rings. The van der Waals surface area contributed by atoms with E-state index in [0.29, 0.717) is 24.5 Å². The van der Waals surface area contributed by atoms with E-state index in [-0.39, 0.29) is 12.5 Å². The van der Waals surface area contributed by atoms with E-state index in [1.807, 2.05) is 47.8 Å². The van der Waals surface area contributed by atoms with E-state index in [0.717, 1.165) is 38.6 Å². The van der Waals surface area contributed by atoms with Gasteiger partial charge in [-0.3, -0.25) is 14.6 Å². The summed E-state index contributed by atoms with van der Waals surface area (Å²) in [6.45, 7) is 2.92. The minimum atomic E-state index is -0.492. The Morgan fingerprint density at radius 1 is 1.13 bits per heavy atom. The number of rotatable bonds is 11. The van der Waals surface area contributed by atoms with E-state index < -0.39 is 5.91 Å². The fraction of sp³-hybridized carbons (Fsp3) is 0.214. The number of thiophene rings is 1. The first-order valence-corrected chi connectivity index (χ1v) is 13.9. The third-order valence-corrected chi connectivity index (χ3v) is 7.16. The molecule has 0 saturated heterocycles. The van der Waals surface area contributed by atoms with Gasteiger partial charge in [0.15, 0.2) is 0 Å². The summed E-state index contributed by atoms with van der Waals surface area (Å²) in [5, 5.41) is 11.7. The predicted octanol–water partition coefficient (Wildman–Crippen LogP) is 3.55. The van der Waals surface area contributed by atoms with Crippen LogP contribution in [0.4, 0.5) is 5.69 Å². The van der Waals surface area contributed by atoms with Crippen molar-refractivity contribution in [3.05, 3.63) is 75.0 Å². The molecule has 196 valence electrons. The number of primary amides is 1. The summed E-state index contributed by atoms with van der Waals surface area (Å²) >= 11 is 3.02. The first-order valence-electron chi connectivity index (χ1n) is 12.1. The van der Waals surface area contributed by atoms with Gasteiger partial charge in [0.1, 0.15) is 17.3 Å². The summed E-state index contributed by atoms with van der Waals surface area (Å²) < 4.78 is 5.30. The normalized spacial score (nSPS) is 12.1. The van der Waals surface area contributed by atoms with Crippen molar-refractivity contribution in [2.24, 2.45) is 5.73 Å². The molecule has 0 saturated carbocycles. The molecule has 8 nitrogen and oxygen atoms in total. The number of amides is 2. The summed E-state index contributed by atoms with van der Waals surface area (Å²) in [5.74, 6) is -0.765. The topological polar surface area (TPSA) is 110 Å². The molecule has 0 aliphatic heterocycles. The minimum absolute atomic E-state index is 0.103. The van der Waals surface area contributed by atoms with Crippen molar-refractivity contribution in [2.75, 3.05) is 32.1 Å². The number of anilines is 1. The lowest BCUT2D eigenvalue weighted by atomic mass is 10.0. The second-order valence-corrected chi connectivity index (χ2v) is 10.1. The van der Waals surface area contributed by atoms with Gasteiger partial charge in [0.2, 0.25) is 5.91 Å². The molecule has 2 amide bonds. The number of nitrogens with two attached hydrogens (primary N) is 1. The lowest BCUT2D eigenvalue weighted by molar-refractivity contribution is -0.122. The quantitative estimate of drug-likeness (QED) is 0.278. The highest BCUT2D eigenvalue weighted by Gasteiger charge is 2.15. The van der Waals surface area contributed by atoms with Crippen LogP contribution in [0.15, 0.2) is 58.9 Å². The molecular formula is C28H29N5O3S2. The summed E-state index contributed by atoms with van der Waals surface area (Å²) in [6.07, 6.45) is 8.44. The van der Waals surface area contributed by atoms with Crippen LogP contribution in [0.2, 0.25) is 0 Å². The van der Waals surface area contributed by atoms with Gasteiger partial charge in [-0.15, -0.1) is 11.3 Å². The van der Waals surface area contributed by atoms with Gasteiger partial charge in [-0.25, -0.2) is 4.98 Å². The van der Waals surface area contributed by atoms with Crippen molar-refractivity contribution < 1.29 is 14.3 Å². The zero-order chi connectivity index (χ0) is 26.9. The standard InChI is InChI=1S/C28H29N5O3S2/c1-3-4-20-13-23(21-7-12-37-17-21)24(14-22(20)15-33(2)10-11-36-16-26(29)34)31-27(35)25-18-38-28(32-25)19-5-8-30-9-6-19/h4-9,12-15,17-18H,3,10-11,16H2,1-2H3,(H2,29,34)(H,31,35)/b20-4+,22-15-. The molecule has 4 rings (SSSR count). The average Bonchev–Trinajstić information content (AvgIpc) is 3.62. The van der Waals surface area contributed by atoms with Crippen molar-refractivity contribution in [3.8, 4) is 21.7 Å². The van der Waals surface area contributed by atoms with E-state index in [4.69, 9.17) is 10.5 Å². The summed E-state index contributed by atoms with van der Waals surface area (Å²) in [7, 11) is 1.93. The van der Waals surface area contributed by atoms with Crippen molar-refractivity contribution in [1.82, 2.24) is 14.9 Å². The Bertz CT molecular complexity index is 1500. The monoisotopic (exact) mass is 547 g/mol. The lowest BCUT2D eigenvalue weighted by Gasteiger charge is -2.15. The number of hydrogen-bond acceptors (Lipinski definition) is 8. The van der Waals surface area contributed by atoms with Crippen LogP contribution in [0.3, 0.4) is 0 Å². The van der Waals surface area contributed by atoms with Gasteiger partial charge in [0, 0.05) is 54.4 Å². The van der Waals surface area contributed by atoms with Crippen LogP contribution in [0.25, 0.3) is 34.0 Å². The largest absolute Gasteiger partial charge is 0.378 e. The smallest absolute Gasteiger partial charge is 0.275 e. The number of pyridine rings is 1. The number of benzene rings is 1. The molecule has 3 heterocycles. The molecule has 10 heteroatoms. The van der Waals surface area contributed by atoms with Gasteiger partial charge in [0.25, 0.3) is 5.91 Å². The number of hydrogen-bond donors (Lipinski definition) is 2. The number of likely N-dealkylation sites (N-methyl/N-ethyl adjacent to an activating group) is 1. The Kier molecular flexibility index (Phi) is 9.36. The predicted molar refractivity (Wildman–Crippen MR) is 154 cm³/mol. The van der Waals surface area contributed by atoms with Gasteiger partial charge < -0.3 is 20.7 Å². The van der Waals surface area contributed by atoms with Crippen LogP contribution in [0.1, 0.15) is 23.8 Å². The molecule has 0 aliphatic carbocycles. The molecule has 1 aromatic carbocycles. The van der Waals surface area contributed by atoms with Gasteiger partial charge >= 0.3 is 0 Å². The Hall–Kier alpha value is -3.86. The zero-order valence-electron chi connectivity index (χ0n) is 21.2. The minimum Gasteiger partial charge on any atom is -0.378 e. The second-order valence-electron chi connectivity index (χ2n) is 8.51. The first kappa shape index (κ1) is 27.2. The number of aromatic nitrogens is 2. The Morgan fingerprint density at radius 2 is 1.95 bits per heavy atom. The summed E-state index contributed by atoms with van der Waals surface area (Å²) in [6, 6.07) is 9.88. The maximum atomic E-state index is 13.3. The molecule has 0 atom stereocenters. The van der Waals surface area contributed by atoms with Gasteiger partial charge in [-0.1, -0.05) is 13.0 Å². The third-order valence-electron chi connectivity index (χ3n) is 5.58. The van der Waals surface area contributed by atoms with Crippen molar-refractivity contribution in [3.63, 3.8) is 0 Å². The van der Waals surface area contributed by atoms with Crippen LogP contribution >= 0.6 is 22.7 Å². The molecule has 0 unspecified atom stereocenters. The molecule has 3 aromatic heterocycles. The Labute approximate surface area is 229 Å². The highest BCUT2D eigenvalue weighted by molar-refractivity contribution is 7.13. The zero-order valence-corrected chi connectivity index (χ0v) is 22.8. The summed E-state index contributed by atoms with van der Waals surface area (Å²) in [5.41, 5.74) is 9.09. The fourth-order valence-corrected chi connectivity index (χ4v) is 5.24. The fourth-order valence-electron chi connectivity index (χ4n) is 3.78. The SMILES string of the molecule is CC/C=c1\cc(-c2ccsc2)c(NC(=O)c2csc(-c3ccncc3)n2)c\c1=C\N(C)CCOCC(N)=O. The van der Waals surface area contributed by atoms with Gasteiger partial charge in [0.05, 0.1) is 6.61 Å². The van der Waals surface area contributed by atoms with Crippen LogP contribution in [0, 0.1) is 0 Å².